The van der Waals surface area contributed by atoms with E-state index in [0.717, 1.165) is 13.0 Å². The third-order valence-corrected chi connectivity index (χ3v) is 5.29. The van der Waals surface area contributed by atoms with Crippen molar-refractivity contribution >= 4 is 16.0 Å². The summed E-state index contributed by atoms with van der Waals surface area (Å²) in [5, 5.41) is 12.3. The number of nitrogens with zero attached hydrogens (tertiary/aromatic N) is 2. The number of piperazine rings is 1. The zero-order valence-electron chi connectivity index (χ0n) is 13.1. The number of likely N-dealkylation sites (N-methyl/N-ethyl adjacent to an activating group) is 1. The fraction of sp³-hybridized carbons (Fsp3) is 0.923. The van der Waals surface area contributed by atoms with Crippen LogP contribution in [-0.2, 0) is 14.8 Å². The number of carboxylic acids is 1. The number of sulfonamides is 1. The Bertz CT molecular complexity index is 446. The molecule has 1 rings (SSSR count). The summed E-state index contributed by atoms with van der Waals surface area (Å²) in [6.45, 7) is 7.47. The van der Waals surface area contributed by atoms with E-state index in [9.17, 15) is 18.3 Å². The number of rotatable bonds is 8. The lowest BCUT2D eigenvalue weighted by atomic mass is 9.95. The molecule has 1 fully saturated rings. The third-order valence-electron chi connectivity index (χ3n) is 3.99. The van der Waals surface area contributed by atoms with Gasteiger partial charge in [-0.1, -0.05) is 6.92 Å². The molecule has 124 valence electrons. The minimum atomic E-state index is -3.09. The van der Waals surface area contributed by atoms with Crippen LogP contribution in [0.1, 0.15) is 26.7 Å². The Balaban J connectivity index is 2.36. The molecule has 1 aliphatic rings. The van der Waals surface area contributed by atoms with Crippen LogP contribution in [0.4, 0.5) is 0 Å². The quantitative estimate of drug-likeness (QED) is 0.643. The van der Waals surface area contributed by atoms with Crippen LogP contribution in [0.5, 0.6) is 0 Å². The van der Waals surface area contributed by atoms with E-state index < -0.39 is 21.5 Å². The first-order chi connectivity index (χ1) is 9.69. The van der Waals surface area contributed by atoms with E-state index in [2.05, 4.69) is 10.2 Å². The van der Waals surface area contributed by atoms with Gasteiger partial charge in [0.05, 0.1) is 6.26 Å². The lowest BCUT2D eigenvalue weighted by Gasteiger charge is -2.34. The molecule has 1 saturated heterocycles. The fourth-order valence-corrected chi connectivity index (χ4v) is 3.43. The van der Waals surface area contributed by atoms with Gasteiger partial charge in [0.2, 0.25) is 10.0 Å². The predicted molar refractivity (Wildman–Crippen MR) is 81.8 cm³/mol. The molecular formula is C13H27N3O4S. The molecule has 2 N–H and O–H groups in total. The second-order valence-electron chi connectivity index (χ2n) is 5.77. The van der Waals surface area contributed by atoms with E-state index in [-0.39, 0.29) is 0 Å². The first-order valence-corrected chi connectivity index (χ1v) is 9.20. The second-order valence-corrected chi connectivity index (χ2v) is 7.76. The van der Waals surface area contributed by atoms with Crippen molar-refractivity contribution < 1.29 is 18.3 Å². The minimum absolute atomic E-state index is 0.516. The molecule has 7 nitrogen and oxygen atoms in total. The highest BCUT2D eigenvalue weighted by molar-refractivity contribution is 7.88. The third kappa shape index (κ3) is 5.54. The van der Waals surface area contributed by atoms with Crippen LogP contribution in [0.3, 0.4) is 0 Å². The Kier molecular flexibility index (Phi) is 6.58. The summed E-state index contributed by atoms with van der Waals surface area (Å²) in [7, 11) is -3.09. The monoisotopic (exact) mass is 321 g/mol. The van der Waals surface area contributed by atoms with Crippen molar-refractivity contribution in [2.75, 3.05) is 45.5 Å². The zero-order valence-corrected chi connectivity index (χ0v) is 13.9. The van der Waals surface area contributed by atoms with Gasteiger partial charge in [0.25, 0.3) is 0 Å². The lowest BCUT2D eigenvalue weighted by Crippen LogP contribution is -2.51. The summed E-state index contributed by atoms with van der Waals surface area (Å²) in [4.78, 5) is 13.5. The van der Waals surface area contributed by atoms with Crippen LogP contribution in [-0.4, -0.2) is 79.8 Å². The average molecular weight is 321 g/mol. The number of carbonyl (C=O) groups is 1. The van der Waals surface area contributed by atoms with Crippen LogP contribution < -0.4 is 5.32 Å². The molecule has 0 amide bonds. The maximum absolute atomic E-state index is 11.4. The fourth-order valence-electron chi connectivity index (χ4n) is 2.60. The Hall–Kier alpha value is -0.700. The molecule has 21 heavy (non-hydrogen) atoms. The molecule has 0 saturated carbocycles. The van der Waals surface area contributed by atoms with E-state index in [1.807, 2.05) is 6.92 Å². The van der Waals surface area contributed by atoms with Crippen molar-refractivity contribution in [1.82, 2.24) is 14.5 Å². The van der Waals surface area contributed by atoms with Gasteiger partial charge in [0.15, 0.2) is 0 Å². The van der Waals surface area contributed by atoms with E-state index in [0.29, 0.717) is 39.1 Å². The number of aliphatic carboxylic acids is 1. The molecule has 0 aromatic rings. The highest BCUT2D eigenvalue weighted by atomic mass is 32.2. The summed E-state index contributed by atoms with van der Waals surface area (Å²) < 4.78 is 24.3. The van der Waals surface area contributed by atoms with Crippen molar-refractivity contribution in [1.29, 1.82) is 0 Å². The summed E-state index contributed by atoms with van der Waals surface area (Å²) in [5.41, 5.74) is -0.886. The second kappa shape index (κ2) is 7.53. The van der Waals surface area contributed by atoms with E-state index >= 15 is 0 Å². The molecule has 0 aromatic carbocycles. The summed E-state index contributed by atoms with van der Waals surface area (Å²) in [6.07, 6.45) is 2.56. The minimum Gasteiger partial charge on any atom is -0.480 e. The SMILES string of the molecule is CCNC(C)(CCCN1CCN(S(C)(=O)=O)CC1)C(=O)O. The molecular weight excluding hydrogens is 294 g/mol. The Morgan fingerprint density at radius 2 is 1.86 bits per heavy atom. The predicted octanol–water partition coefficient (Wildman–Crippen LogP) is -0.203. The van der Waals surface area contributed by atoms with Gasteiger partial charge in [0, 0.05) is 26.2 Å². The molecule has 1 heterocycles. The zero-order chi connectivity index (χ0) is 16.1. The van der Waals surface area contributed by atoms with Gasteiger partial charge in [-0.2, -0.15) is 4.31 Å². The van der Waals surface area contributed by atoms with Crippen LogP contribution in [0.25, 0.3) is 0 Å². The topological polar surface area (TPSA) is 90.0 Å². The van der Waals surface area contributed by atoms with Gasteiger partial charge in [-0.3, -0.25) is 4.79 Å². The molecule has 1 atom stereocenters. The molecule has 0 aliphatic carbocycles. The normalized spacial score (nSPS) is 21.1. The van der Waals surface area contributed by atoms with Gasteiger partial charge >= 0.3 is 5.97 Å². The molecule has 0 aromatic heterocycles. The highest BCUT2D eigenvalue weighted by Crippen LogP contribution is 2.14. The van der Waals surface area contributed by atoms with Gasteiger partial charge in [-0.05, 0) is 32.9 Å². The van der Waals surface area contributed by atoms with Gasteiger partial charge in [0.1, 0.15) is 5.54 Å². The smallest absolute Gasteiger partial charge is 0.323 e. The first kappa shape index (κ1) is 18.3. The van der Waals surface area contributed by atoms with Gasteiger partial charge in [-0.25, -0.2) is 8.42 Å². The molecule has 1 unspecified atom stereocenters. The molecule has 0 radical (unpaired) electrons. The Labute approximate surface area is 127 Å². The van der Waals surface area contributed by atoms with Crippen molar-refractivity contribution in [3.05, 3.63) is 0 Å². The molecule has 1 aliphatic heterocycles. The summed E-state index contributed by atoms with van der Waals surface area (Å²) >= 11 is 0. The van der Waals surface area contributed by atoms with Crippen molar-refractivity contribution in [3.8, 4) is 0 Å². The van der Waals surface area contributed by atoms with Crippen molar-refractivity contribution in [2.24, 2.45) is 0 Å². The molecule has 8 heteroatoms. The van der Waals surface area contributed by atoms with Crippen LogP contribution in [0.15, 0.2) is 0 Å². The summed E-state index contributed by atoms with van der Waals surface area (Å²) in [6, 6.07) is 0. The maximum Gasteiger partial charge on any atom is 0.323 e. The van der Waals surface area contributed by atoms with Crippen molar-refractivity contribution in [3.63, 3.8) is 0 Å². The number of nitrogens with one attached hydrogen (secondary N) is 1. The van der Waals surface area contributed by atoms with Crippen LogP contribution in [0, 0.1) is 0 Å². The first-order valence-electron chi connectivity index (χ1n) is 7.35. The summed E-state index contributed by atoms with van der Waals surface area (Å²) in [5.74, 6) is -0.828. The Morgan fingerprint density at radius 1 is 1.29 bits per heavy atom. The van der Waals surface area contributed by atoms with Crippen LogP contribution >= 0.6 is 0 Å². The number of hydrogen-bond acceptors (Lipinski definition) is 5. The Morgan fingerprint density at radius 3 is 2.29 bits per heavy atom. The van der Waals surface area contributed by atoms with E-state index in [1.54, 1.807) is 6.92 Å². The van der Waals surface area contributed by atoms with Gasteiger partial charge in [-0.15, -0.1) is 0 Å². The maximum atomic E-state index is 11.4. The van der Waals surface area contributed by atoms with Gasteiger partial charge < -0.3 is 15.3 Å². The largest absolute Gasteiger partial charge is 0.480 e. The van der Waals surface area contributed by atoms with E-state index in [4.69, 9.17) is 0 Å². The average Bonchev–Trinajstić information content (AvgIpc) is 2.38. The van der Waals surface area contributed by atoms with Crippen molar-refractivity contribution in [2.45, 2.75) is 32.2 Å². The highest BCUT2D eigenvalue weighted by Gasteiger charge is 2.31. The van der Waals surface area contributed by atoms with E-state index in [1.165, 1.54) is 10.6 Å². The molecule has 0 spiro atoms. The number of hydrogen-bond donors (Lipinski definition) is 2. The lowest BCUT2D eigenvalue weighted by molar-refractivity contribution is -0.144. The number of carboxylic acid groups (broad SMARTS) is 1. The standard InChI is InChI=1S/C13H27N3O4S/c1-4-14-13(2,12(17)18)6-5-7-15-8-10-16(11-9-15)21(3,19)20/h14H,4-11H2,1-3H3,(H,17,18). The molecule has 0 bridgehead atoms. The van der Waals surface area contributed by atoms with Crippen LogP contribution in [0.2, 0.25) is 0 Å².